The van der Waals surface area contributed by atoms with Gasteiger partial charge in [0.05, 0.1) is 11.0 Å². The van der Waals surface area contributed by atoms with Gasteiger partial charge in [-0.05, 0) is 67.0 Å². The summed E-state index contributed by atoms with van der Waals surface area (Å²) in [5.41, 5.74) is 2.18. The highest BCUT2D eigenvalue weighted by Crippen LogP contribution is 2.46. The van der Waals surface area contributed by atoms with Crippen LogP contribution in [-0.4, -0.2) is 33.6 Å². The van der Waals surface area contributed by atoms with Crippen LogP contribution >= 0.6 is 0 Å². The van der Waals surface area contributed by atoms with Crippen molar-refractivity contribution in [2.24, 2.45) is 11.3 Å². The average Bonchev–Trinajstić information content (AvgIpc) is 3.08. The van der Waals surface area contributed by atoms with Gasteiger partial charge in [-0.1, -0.05) is 20.8 Å². The van der Waals surface area contributed by atoms with Gasteiger partial charge in [0.15, 0.2) is 6.61 Å². The Bertz CT molecular complexity index is 1210. The van der Waals surface area contributed by atoms with Crippen molar-refractivity contribution >= 4 is 28.6 Å². The van der Waals surface area contributed by atoms with E-state index < -0.39 is 18.9 Å². The first-order valence-electron chi connectivity index (χ1n) is 11.4. The largest absolute Gasteiger partial charge is 0.573 e. The highest BCUT2D eigenvalue weighted by Gasteiger charge is 2.35. The summed E-state index contributed by atoms with van der Waals surface area (Å²) in [5.74, 6) is 0.0666. The van der Waals surface area contributed by atoms with E-state index >= 15 is 0 Å². The SMILES string of the molecule is C[C@H]1CC(n2c(Nc3ccc(OC(F)(F)F)cc3)nc3cc(OCC(=O)O)ccc32)CC(C)(C)C1. The van der Waals surface area contributed by atoms with Crippen LogP contribution in [0.5, 0.6) is 11.5 Å². The maximum atomic E-state index is 12.5. The lowest BCUT2D eigenvalue weighted by atomic mass is 9.70. The summed E-state index contributed by atoms with van der Waals surface area (Å²) in [4.78, 5) is 15.6. The molecule has 1 aromatic heterocycles. The first kappa shape index (κ1) is 24.7. The van der Waals surface area contributed by atoms with Crippen molar-refractivity contribution in [1.29, 1.82) is 0 Å². The molecule has 188 valence electrons. The molecular formula is C25H28F3N3O4. The topological polar surface area (TPSA) is 85.6 Å². The fourth-order valence-electron chi connectivity index (χ4n) is 5.13. The fourth-order valence-corrected chi connectivity index (χ4v) is 5.13. The molecule has 0 radical (unpaired) electrons. The summed E-state index contributed by atoms with van der Waals surface area (Å²) in [5, 5.41) is 12.1. The van der Waals surface area contributed by atoms with Crippen molar-refractivity contribution in [1.82, 2.24) is 9.55 Å². The third-order valence-corrected chi connectivity index (χ3v) is 6.10. The van der Waals surface area contributed by atoms with Crippen molar-refractivity contribution in [2.45, 2.75) is 52.4 Å². The molecule has 1 saturated carbocycles. The molecule has 0 saturated heterocycles. The molecule has 0 spiro atoms. The number of carboxylic acids is 1. The Hall–Kier alpha value is -3.43. The summed E-state index contributed by atoms with van der Waals surface area (Å²) < 4.78 is 48.9. The Morgan fingerprint density at radius 2 is 1.86 bits per heavy atom. The van der Waals surface area contributed by atoms with Gasteiger partial charge in [0.25, 0.3) is 0 Å². The Balaban J connectivity index is 1.70. The summed E-state index contributed by atoms with van der Waals surface area (Å²) in [6.45, 7) is 6.27. The van der Waals surface area contributed by atoms with Crippen LogP contribution in [0.3, 0.4) is 0 Å². The normalized spacial score (nSPS) is 19.9. The van der Waals surface area contributed by atoms with Crippen molar-refractivity contribution in [3.63, 3.8) is 0 Å². The number of nitrogens with one attached hydrogen (secondary N) is 1. The minimum atomic E-state index is -4.76. The van der Waals surface area contributed by atoms with Crippen molar-refractivity contribution < 1.29 is 32.5 Å². The number of halogens is 3. The number of anilines is 2. The van der Waals surface area contributed by atoms with Crippen LogP contribution in [0.15, 0.2) is 42.5 Å². The van der Waals surface area contributed by atoms with Crippen molar-refractivity contribution in [2.75, 3.05) is 11.9 Å². The number of carboxylic acid groups (broad SMARTS) is 1. The van der Waals surface area contributed by atoms with E-state index in [4.69, 9.17) is 14.8 Å². The van der Waals surface area contributed by atoms with Gasteiger partial charge in [-0.2, -0.15) is 0 Å². The Morgan fingerprint density at radius 3 is 2.49 bits per heavy atom. The first-order chi connectivity index (χ1) is 16.4. The number of imidazole rings is 1. The van der Waals surface area contributed by atoms with Crippen molar-refractivity contribution in [3.8, 4) is 11.5 Å². The molecule has 0 amide bonds. The number of rotatable bonds is 7. The maximum Gasteiger partial charge on any atom is 0.573 e. The Labute approximate surface area is 200 Å². The standard InChI is InChI=1S/C25H28F3N3O4/c1-15-10-17(13-24(2,3)12-15)31-21-9-8-19(34-14-22(32)33)11-20(21)30-23(31)29-16-4-6-18(7-5-16)35-25(26,27)28/h4-9,11,15,17H,10,12-14H2,1-3H3,(H,29,30)(H,32,33)/t15-,17?/m0/s1. The molecule has 4 rings (SSSR count). The predicted molar refractivity (Wildman–Crippen MR) is 125 cm³/mol. The maximum absolute atomic E-state index is 12.5. The van der Waals surface area contributed by atoms with Crippen LogP contribution in [0.4, 0.5) is 24.8 Å². The molecular weight excluding hydrogens is 463 g/mol. The zero-order chi connectivity index (χ0) is 25.4. The minimum absolute atomic E-state index is 0.136. The second-order valence-electron chi connectivity index (χ2n) is 9.90. The molecule has 2 atom stereocenters. The van der Waals surface area contributed by atoms with Crippen LogP contribution in [0, 0.1) is 11.3 Å². The van der Waals surface area contributed by atoms with Gasteiger partial charge in [0.1, 0.15) is 11.5 Å². The quantitative estimate of drug-likeness (QED) is 0.391. The minimum Gasteiger partial charge on any atom is -0.482 e. The van der Waals surface area contributed by atoms with Gasteiger partial charge in [-0.3, -0.25) is 0 Å². The third-order valence-electron chi connectivity index (χ3n) is 6.10. The van der Waals surface area contributed by atoms with Gasteiger partial charge < -0.3 is 24.5 Å². The van der Waals surface area contributed by atoms with E-state index in [1.165, 1.54) is 24.3 Å². The second kappa shape index (κ2) is 9.31. The van der Waals surface area contributed by atoms with E-state index in [1.54, 1.807) is 12.1 Å². The molecule has 10 heteroatoms. The molecule has 1 aliphatic carbocycles. The molecule has 1 unspecified atom stereocenters. The van der Waals surface area contributed by atoms with E-state index in [0.29, 0.717) is 28.8 Å². The molecule has 0 bridgehead atoms. The number of hydrogen-bond acceptors (Lipinski definition) is 5. The summed E-state index contributed by atoms with van der Waals surface area (Å²) in [6, 6.07) is 10.9. The van der Waals surface area contributed by atoms with Crippen LogP contribution in [0.2, 0.25) is 0 Å². The summed E-state index contributed by atoms with van der Waals surface area (Å²) >= 11 is 0. The lowest BCUT2D eigenvalue weighted by molar-refractivity contribution is -0.274. The monoisotopic (exact) mass is 491 g/mol. The van der Waals surface area contributed by atoms with Crippen LogP contribution < -0.4 is 14.8 Å². The number of carbonyl (C=O) groups is 1. The summed E-state index contributed by atoms with van der Waals surface area (Å²) in [7, 11) is 0. The van der Waals surface area contributed by atoms with E-state index in [1.807, 2.05) is 6.07 Å². The van der Waals surface area contributed by atoms with E-state index in [0.717, 1.165) is 24.8 Å². The second-order valence-corrected chi connectivity index (χ2v) is 9.90. The van der Waals surface area contributed by atoms with E-state index in [9.17, 15) is 18.0 Å². The molecule has 2 N–H and O–H groups in total. The number of aliphatic carboxylic acids is 1. The van der Waals surface area contributed by atoms with Gasteiger partial charge in [0.2, 0.25) is 5.95 Å². The van der Waals surface area contributed by atoms with Crippen LogP contribution in [-0.2, 0) is 4.79 Å². The highest BCUT2D eigenvalue weighted by molar-refractivity contribution is 5.81. The molecule has 1 heterocycles. The number of aromatic nitrogens is 2. The van der Waals surface area contributed by atoms with Gasteiger partial charge in [-0.15, -0.1) is 13.2 Å². The highest BCUT2D eigenvalue weighted by atomic mass is 19.4. The Morgan fingerprint density at radius 1 is 1.17 bits per heavy atom. The molecule has 0 aliphatic heterocycles. The Kier molecular flexibility index (Phi) is 6.57. The van der Waals surface area contributed by atoms with Gasteiger partial charge >= 0.3 is 12.3 Å². The number of alkyl halides is 3. The number of fused-ring (bicyclic) bond motifs is 1. The zero-order valence-corrected chi connectivity index (χ0v) is 19.7. The smallest absolute Gasteiger partial charge is 0.482 e. The van der Waals surface area contributed by atoms with E-state index in [-0.39, 0.29) is 17.2 Å². The van der Waals surface area contributed by atoms with Crippen LogP contribution in [0.25, 0.3) is 11.0 Å². The molecule has 35 heavy (non-hydrogen) atoms. The lowest BCUT2D eigenvalue weighted by Crippen LogP contribution is -2.29. The molecule has 1 fully saturated rings. The van der Waals surface area contributed by atoms with Gasteiger partial charge in [-0.25, -0.2) is 9.78 Å². The average molecular weight is 492 g/mol. The number of ether oxygens (including phenoxy) is 2. The number of nitrogens with zero attached hydrogens (tertiary/aromatic N) is 2. The lowest BCUT2D eigenvalue weighted by Gasteiger charge is -2.40. The number of benzene rings is 2. The van der Waals surface area contributed by atoms with Crippen molar-refractivity contribution in [3.05, 3.63) is 42.5 Å². The predicted octanol–water partition coefficient (Wildman–Crippen LogP) is 6.53. The molecule has 7 nitrogen and oxygen atoms in total. The molecule has 3 aromatic rings. The van der Waals surface area contributed by atoms with Crippen LogP contribution in [0.1, 0.15) is 46.1 Å². The zero-order valence-electron chi connectivity index (χ0n) is 19.7. The third kappa shape index (κ3) is 6.17. The first-order valence-corrected chi connectivity index (χ1v) is 11.4. The molecule has 1 aliphatic rings. The summed E-state index contributed by atoms with van der Waals surface area (Å²) in [6.07, 6.45) is -1.74. The number of hydrogen-bond donors (Lipinski definition) is 2. The molecule has 2 aromatic carbocycles. The van der Waals surface area contributed by atoms with E-state index in [2.05, 4.69) is 35.4 Å². The fraction of sp³-hybridized carbons (Fsp3) is 0.440. The van der Waals surface area contributed by atoms with Gasteiger partial charge in [0, 0.05) is 17.8 Å².